The molecule has 0 amide bonds. The molecule has 30 heavy (non-hydrogen) atoms. The molecule has 4 rings (SSSR count). The summed E-state index contributed by atoms with van der Waals surface area (Å²) in [5.41, 5.74) is 4.71. The fourth-order valence-corrected chi connectivity index (χ4v) is 3.72. The summed E-state index contributed by atoms with van der Waals surface area (Å²) in [6.07, 6.45) is 6.53. The molecule has 0 fully saturated rings. The van der Waals surface area contributed by atoms with Crippen molar-refractivity contribution in [1.29, 1.82) is 0 Å². The van der Waals surface area contributed by atoms with E-state index in [0.717, 1.165) is 41.0 Å². The molecule has 0 aliphatic carbocycles. The van der Waals surface area contributed by atoms with E-state index in [-0.39, 0.29) is 0 Å². The van der Waals surface area contributed by atoms with Gasteiger partial charge in [-0.05, 0) is 47.2 Å². The molecule has 3 aromatic carbocycles. The van der Waals surface area contributed by atoms with Crippen LogP contribution in [-0.2, 0) is 19.6 Å². The molecular formula is C27H29NO2. The average Bonchev–Trinajstić information content (AvgIpc) is 2.81. The lowest BCUT2D eigenvalue weighted by atomic mass is 9.94. The molecule has 3 heteroatoms. The third kappa shape index (κ3) is 5.29. The minimum atomic E-state index is 0.371. The molecule has 3 aromatic rings. The summed E-state index contributed by atoms with van der Waals surface area (Å²) in [7, 11) is 0. The maximum atomic E-state index is 6.22. The zero-order valence-corrected chi connectivity index (χ0v) is 17.6. The Morgan fingerprint density at radius 3 is 2.03 bits per heavy atom. The molecule has 0 bridgehead atoms. The van der Waals surface area contributed by atoms with E-state index in [2.05, 4.69) is 43.3 Å². The van der Waals surface area contributed by atoms with E-state index in [1.54, 1.807) is 0 Å². The first kappa shape index (κ1) is 20.2. The van der Waals surface area contributed by atoms with Crippen LogP contribution in [-0.4, -0.2) is 12.3 Å². The summed E-state index contributed by atoms with van der Waals surface area (Å²) in [4.78, 5) is 4.77. The molecule has 0 N–H and O–H groups in total. The number of fused-ring (bicyclic) bond motifs is 1. The Morgan fingerprint density at radius 2 is 1.43 bits per heavy atom. The van der Waals surface area contributed by atoms with Gasteiger partial charge in [-0.25, -0.2) is 0 Å². The summed E-state index contributed by atoms with van der Waals surface area (Å²) in [6.45, 7) is 3.26. The molecule has 0 radical (unpaired) electrons. The maximum Gasteiger partial charge on any atom is 0.162 e. The molecular weight excluding hydrogens is 370 g/mol. The van der Waals surface area contributed by atoms with Gasteiger partial charge >= 0.3 is 0 Å². The lowest BCUT2D eigenvalue weighted by molar-refractivity contribution is 0.255. The van der Waals surface area contributed by atoms with E-state index in [9.17, 15) is 0 Å². The normalized spacial score (nSPS) is 14.9. The van der Waals surface area contributed by atoms with Gasteiger partial charge in [-0.15, -0.1) is 0 Å². The molecule has 1 aliphatic heterocycles. The van der Waals surface area contributed by atoms with Gasteiger partial charge in [0.05, 0.1) is 6.04 Å². The third-order valence-corrected chi connectivity index (χ3v) is 5.45. The van der Waals surface area contributed by atoms with Crippen LogP contribution in [0.1, 0.15) is 48.4 Å². The van der Waals surface area contributed by atoms with Crippen molar-refractivity contribution in [2.45, 2.75) is 51.9 Å². The number of hydrogen-bond acceptors (Lipinski definition) is 3. The van der Waals surface area contributed by atoms with Crippen LogP contribution < -0.4 is 9.47 Å². The minimum Gasteiger partial charge on any atom is -0.485 e. The molecule has 3 nitrogen and oxygen atoms in total. The first-order valence-electron chi connectivity index (χ1n) is 10.9. The Balaban J connectivity index is 1.55. The van der Waals surface area contributed by atoms with Gasteiger partial charge in [0, 0.05) is 6.21 Å². The van der Waals surface area contributed by atoms with Crippen molar-refractivity contribution < 1.29 is 9.47 Å². The van der Waals surface area contributed by atoms with E-state index in [0.29, 0.717) is 19.3 Å². The van der Waals surface area contributed by atoms with Gasteiger partial charge < -0.3 is 9.47 Å². The van der Waals surface area contributed by atoms with E-state index >= 15 is 0 Å². The first-order valence-corrected chi connectivity index (χ1v) is 10.9. The van der Waals surface area contributed by atoms with Crippen molar-refractivity contribution in [3.8, 4) is 11.5 Å². The summed E-state index contributed by atoms with van der Waals surface area (Å²) in [6, 6.07) is 25.1. The van der Waals surface area contributed by atoms with Crippen molar-refractivity contribution in [2.75, 3.05) is 0 Å². The molecule has 0 aromatic heterocycles. The van der Waals surface area contributed by atoms with Gasteiger partial charge in [-0.3, -0.25) is 4.99 Å². The van der Waals surface area contributed by atoms with Crippen molar-refractivity contribution in [3.05, 3.63) is 95.1 Å². The zero-order chi connectivity index (χ0) is 20.6. The molecule has 154 valence electrons. The Morgan fingerprint density at radius 1 is 0.833 bits per heavy atom. The van der Waals surface area contributed by atoms with Crippen molar-refractivity contribution in [3.63, 3.8) is 0 Å². The monoisotopic (exact) mass is 399 g/mol. The summed E-state index contributed by atoms with van der Waals surface area (Å²) < 4.78 is 12.4. The van der Waals surface area contributed by atoms with Crippen LogP contribution in [0.15, 0.2) is 77.8 Å². The van der Waals surface area contributed by atoms with Crippen LogP contribution in [0.2, 0.25) is 0 Å². The fourth-order valence-electron chi connectivity index (χ4n) is 3.72. The number of hydrogen-bond donors (Lipinski definition) is 0. The standard InChI is InChI=1S/C27H29NO2/c1-2-3-14-25-15-23-16-26(29-19-21-10-6-4-7-11-21)27(17-24(23)18-28-25)30-20-22-12-8-5-9-13-22/h4-13,16-18,25H,2-3,14-15,19-20H2,1H3. The van der Waals surface area contributed by atoms with Gasteiger partial charge in [0.1, 0.15) is 13.2 Å². The van der Waals surface area contributed by atoms with Crippen LogP contribution in [0.5, 0.6) is 11.5 Å². The van der Waals surface area contributed by atoms with E-state index in [1.807, 2.05) is 42.6 Å². The van der Waals surface area contributed by atoms with Crippen molar-refractivity contribution in [2.24, 2.45) is 4.99 Å². The number of benzene rings is 3. The highest BCUT2D eigenvalue weighted by Gasteiger charge is 2.19. The number of rotatable bonds is 9. The smallest absolute Gasteiger partial charge is 0.162 e. The number of unbranched alkanes of at least 4 members (excludes halogenated alkanes) is 1. The lowest BCUT2D eigenvalue weighted by Gasteiger charge is -2.22. The summed E-state index contributed by atoms with van der Waals surface area (Å²) in [5.74, 6) is 1.57. The van der Waals surface area contributed by atoms with Crippen LogP contribution in [0.3, 0.4) is 0 Å². The number of nitrogens with zero attached hydrogens (tertiary/aromatic N) is 1. The highest BCUT2D eigenvalue weighted by atomic mass is 16.5. The van der Waals surface area contributed by atoms with Crippen LogP contribution >= 0.6 is 0 Å². The molecule has 0 saturated carbocycles. The van der Waals surface area contributed by atoms with Gasteiger partial charge in [0.15, 0.2) is 11.5 Å². The van der Waals surface area contributed by atoms with Crippen molar-refractivity contribution >= 4 is 6.21 Å². The zero-order valence-electron chi connectivity index (χ0n) is 17.6. The number of aliphatic imine (C=N–C) groups is 1. The molecule has 0 saturated heterocycles. The first-order chi connectivity index (χ1) is 14.8. The third-order valence-electron chi connectivity index (χ3n) is 5.45. The maximum absolute atomic E-state index is 6.22. The summed E-state index contributed by atoms with van der Waals surface area (Å²) in [5, 5.41) is 0. The van der Waals surface area contributed by atoms with Gasteiger partial charge in [0.2, 0.25) is 0 Å². The Bertz CT molecular complexity index is 967. The Hall–Kier alpha value is -3.07. The molecule has 1 atom stereocenters. The Labute approximate surface area is 179 Å². The Kier molecular flexibility index (Phi) is 6.81. The van der Waals surface area contributed by atoms with Gasteiger partial charge in [0.25, 0.3) is 0 Å². The predicted octanol–water partition coefficient (Wildman–Crippen LogP) is 6.38. The van der Waals surface area contributed by atoms with Gasteiger partial charge in [-0.2, -0.15) is 0 Å². The average molecular weight is 400 g/mol. The van der Waals surface area contributed by atoms with Crippen LogP contribution in [0.25, 0.3) is 0 Å². The fraction of sp³-hybridized carbons (Fsp3) is 0.296. The lowest BCUT2D eigenvalue weighted by Crippen LogP contribution is -2.16. The second kappa shape index (κ2) is 10.1. The van der Waals surface area contributed by atoms with E-state index in [4.69, 9.17) is 14.5 Å². The quantitative estimate of drug-likeness (QED) is 0.418. The molecule has 1 heterocycles. The molecule has 1 unspecified atom stereocenters. The number of ether oxygens (including phenoxy) is 2. The summed E-state index contributed by atoms with van der Waals surface area (Å²) >= 11 is 0. The SMILES string of the molecule is CCCCC1Cc2cc(OCc3ccccc3)c(OCc3ccccc3)cc2C=N1. The molecule has 1 aliphatic rings. The largest absolute Gasteiger partial charge is 0.485 e. The van der Waals surface area contributed by atoms with Crippen LogP contribution in [0, 0.1) is 0 Å². The second-order valence-corrected chi connectivity index (χ2v) is 7.82. The topological polar surface area (TPSA) is 30.8 Å². The minimum absolute atomic E-state index is 0.371. The van der Waals surface area contributed by atoms with Crippen LogP contribution in [0.4, 0.5) is 0 Å². The second-order valence-electron chi connectivity index (χ2n) is 7.82. The highest BCUT2D eigenvalue weighted by Crippen LogP contribution is 2.34. The van der Waals surface area contributed by atoms with E-state index < -0.39 is 0 Å². The molecule has 0 spiro atoms. The highest BCUT2D eigenvalue weighted by molar-refractivity contribution is 5.84. The predicted molar refractivity (Wildman–Crippen MR) is 123 cm³/mol. The van der Waals surface area contributed by atoms with Gasteiger partial charge in [-0.1, -0.05) is 80.4 Å². The van der Waals surface area contributed by atoms with Crippen molar-refractivity contribution in [1.82, 2.24) is 0 Å². The van der Waals surface area contributed by atoms with E-state index in [1.165, 1.54) is 18.4 Å².